The van der Waals surface area contributed by atoms with Crippen LogP contribution in [0.2, 0.25) is 15.1 Å². The Labute approximate surface area is 151 Å². The molecule has 3 nitrogen and oxygen atoms in total. The van der Waals surface area contributed by atoms with Gasteiger partial charge in [0.15, 0.2) is 17.2 Å². The number of rotatable bonds is 7. The molecule has 0 spiro atoms. The first kappa shape index (κ1) is 18.1. The maximum atomic E-state index is 6.06. The molecular weight excluding hydrogens is 359 g/mol. The highest BCUT2D eigenvalue weighted by atomic mass is 35.5. The molecule has 0 aromatic heterocycles. The van der Waals surface area contributed by atoms with Crippen LogP contribution in [0.15, 0.2) is 30.3 Å². The molecule has 0 saturated carbocycles. The summed E-state index contributed by atoms with van der Waals surface area (Å²) in [4.78, 5) is 0. The van der Waals surface area contributed by atoms with E-state index in [4.69, 9.17) is 49.0 Å². The monoisotopic (exact) mass is 374 g/mol. The quantitative estimate of drug-likeness (QED) is 0.571. The fourth-order valence-electron chi connectivity index (χ4n) is 1.98. The van der Waals surface area contributed by atoms with E-state index in [0.29, 0.717) is 46.2 Å². The number of ether oxygens (including phenoxy) is 3. The summed E-state index contributed by atoms with van der Waals surface area (Å²) in [5, 5.41) is 1.26. The highest BCUT2D eigenvalue weighted by Gasteiger charge is 2.09. The van der Waals surface area contributed by atoms with Gasteiger partial charge in [0.2, 0.25) is 0 Å². The van der Waals surface area contributed by atoms with Crippen molar-refractivity contribution in [3.63, 3.8) is 0 Å². The van der Waals surface area contributed by atoms with Crippen LogP contribution in [0.3, 0.4) is 0 Å². The Morgan fingerprint density at radius 3 is 2.17 bits per heavy atom. The minimum atomic E-state index is 0.392. The zero-order valence-electron chi connectivity index (χ0n) is 12.9. The molecule has 2 aromatic rings. The molecule has 0 saturated heterocycles. The zero-order chi connectivity index (χ0) is 16.8. The largest absolute Gasteiger partial charge is 0.493 e. The van der Waals surface area contributed by atoms with Gasteiger partial charge >= 0.3 is 0 Å². The first-order valence-electron chi connectivity index (χ1n) is 7.06. The molecule has 0 aliphatic rings. The van der Waals surface area contributed by atoms with Gasteiger partial charge in [-0.05, 0) is 36.8 Å². The smallest absolute Gasteiger partial charge is 0.161 e. The third kappa shape index (κ3) is 5.10. The van der Waals surface area contributed by atoms with Crippen molar-refractivity contribution in [2.75, 3.05) is 20.3 Å². The molecule has 0 amide bonds. The molecule has 0 atom stereocenters. The van der Waals surface area contributed by atoms with Crippen LogP contribution in [0.1, 0.15) is 12.0 Å². The van der Waals surface area contributed by atoms with Gasteiger partial charge in [-0.1, -0.05) is 40.9 Å². The van der Waals surface area contributed by atoms with Gasteiger partial charge in [-0.25, -0.2) is 0 Å². The SMILES string of the molecule is COc1cc(C)ccc1OCCCOc1c(Cl)cc(Cl)cc1Cl. The lowest BCUT2D eigenvalue weighted by molar-refractivity contribution is 0.240. The molecule has 0 unspecified atom stereocenters. The Bertz CT molecular complexity index is 651. The van der Waals surface area contributed by atoms with Crippen LogP contribution in [0.5, 0.6) is 17.2 Å². The van der Waals surface area contributed by atoms with Crippen LogP contribution < -0.4 is 14.2 Å². The van der Waals surface area contributed by atoms with Crippen LogP contribution >= 0.6 is 34.8 Å². The maximum Gasteiger partial charge on any atom is 0.161 e. The number of hydrogen-bond acceptors (Lipinski definition) is 3. The Balaban J connectivity index is 1.83. The number of methoxy groups -OCH3 is 1. The van der Waals surface area contributed by atoms with Gasteiger partial charge in [0, 0.05) is 11.4 Å². The Morgan fingerprint density at radius 1 is 0.870 bits per heavy atom. The van der Waals surface area contributed by atoms with E-state index in [1.165, 1.54) is 0 Å². The second-order valence-corrected chi connectivity index (χ2v) is 6.15. The van der Waals surface area contributed by atoms with E-state index < -0.39 is 0 Å². The van der Waals surface area contributed by atoms with Crippen molar-refractivity contribution in [1.82, 2.24) is 0 Å². The first-order valence-corrected chi connectivity index (χ1v) is 8.19. The lowest BCUT2D eigenvalue weighted by atomic mass is 10.2. The van der Waals surface area contributed by atoms with Gasteiger partial charge < -0.3 is 14.2 Å². The Morgan fingerprint density at radius 2 is 1.52 bits per heavy atom. The van der Waals surface area contributed by atoms with Crippen molar-refractivity contribution < 1.29 is 14.2 Å². The minimum absolute atomic E-state index is 0.392. The average molecular weight is 376 g/mol. The van der Waals surface area contributed by atoms with E-state index in [2.05, 4.69) is 0 Å². The molecule has 23 heavy (non-hydrogen) atoms. The third-order valence-corrected chi connectivity index (χ3v) is 3.85. The van der Waals surface area contributed by atoms with E-state index in [-0.39, 0.29) is 0 Å². The molecule has 124 valence electrons. The summed E-state index contributed by atoms with van der Waals surface area (Å²) >= 11 is 18.0. The minimum Gasteiger partial charge on any atom is -0.493 e. The van der Waals surface area contributed by atoms with Gasteiger partial charge in [-0.15, -0.1) is 0 Å². The summed E-state index contributed by atoms with van der Waals surface area (Å²) in [6, 6.07) is 8.98. The van der Waals surface area contributed by atoms with Crippen LogP contribution in [-0.2, 0) is 0 Å². The van der Waals surface area contributed by atoms with E-state index in [1.807, 2.05) is 25.1 Å². The zero-order valence-corrected chi connectivity index (χ0v) is 15.1. The van der Waals surface area contributed by atoms with Crippen LogP contribution in [-0.4, -0.2) is 20.3 Å². The summed E-state index contributed by atoms with van der Waals surface area (Å²) in [6.07, 6.45) is 0.673. The molecule has 0 aliphatic carbocycles. The van der Waals surface area contributed by atoms with E-state index in [9.17, 15) is 0 Å². The summed E-state index contributed by atoms with van der Waals surface area (Å²) in [6.45, 7) is 2.91. The summed E-state index contributed by atoms with van der Waals surface area (Å²) in [5.41, 5.74) is 1.12. The molecule has 0 heterocycles. The van der Waals surface area contributed by atoms with Gasteiger partial charge in [0.05, 0.1) is 30.4 Å². The second-order valence-electron chi connectivity index (χ2n) is 4.90. The molecule has 0 fully saturated rings. The lowest BCUT2D eigenvalue weighted by Crippen LogP contribution is -2.06. The van der Waals surface area contributed by atoms with Crippen LogP contribution in [0.25, 0.3) is 0 Å². The first-order chi connectivity index (χ1) is 11.0. The molecule has 0 N–H and O–H groups in total. The Kier molecular flexibility index (Phi) is 6.70. The molecule has 2 aromatic carbocycles. The summed E-state index contributed by atoms with van der Waals surface area (Å²) in [7, 11) is 1.62. The van der Waals surface area contributed by atoms with Crippen LogP contribution in [0.4, 0.5) is 0 Å². The number of aryl methyl sites for hydroxylation is 1. The predicted molar refractivity (Wildman–Crippen MR) is 94.8 cm³/mol. The van der Waals surface area contributed by atoms with Gasteiger partial charge in [0.25, 0.3) is 0 Å². The standard InChI is InChI=1S/C17H17Cl3O3/c1-11-4-5-15(16(8-11)21-2)22-6-3-7-23-17-13(19)9-12(18)10-14(17)20/h4-5,8-10H,3,6-7H2,1-2H3. The normalized spacial score (nSPS) is 10.5. The average Bonchev–Trinajstić information content (AvgIpc) is 2.50. The van der Waals surface area contributed by atoms with E-state index in [1.54, 1.807) is 19.2 Å². The van der Waals surface area contributed by atoms with E-state index in [0.717, 1.165) is 11.3 Å². The van der Waals surface area contributed by atoms with Gasteiger partial charge in [-0.3, -0.25) is 0 Å². The molecule has 0 aliphatic heterocycles. The third-order valence-electron chi connectivity index (χ3n) is 3.07. The molecule has 0 bridgehead atoms. The van der Waals surface area contributed by atoms with Crippen molar-refractivity contribution in [1.29, 1.82) is 0 Å². The highest BCUT2D eigenvalue weighted by molar-refractivity contribution is 6.40. The summed E-state index contributed by atoms with van der Waals surface area (Å²) < 4.78 is 16.6. The van der Waals surface area contributed by atoms with Crippen molar-refractivity contribution in [2.45, 2.75) is 13.3 Å². The number of benzene rings is 2. The van der Waals surface area contributed by atoms with E-state index >= 15 is 0 Å². The molecular formula is C17H17Cl3O3. The fraction of sp³-hybridized carbons (Fsp3) is 0.294. The highest BCUT2D eigenvalue weighted by Crippen LogP contribution is 2.35. The van der Waals surface area contributed by atoms with Gasteiger partial charge in [0.1, 0.15) is 0 Å². The Hall–Kier alpha value is -1.29. The second kappa shape index (κ2) is 8.53. The summed E-state index contributed by atoms with van der Waals surface area (Å²) in [5.74, 6) is 1.86. The lowest BCUT2D eigenvalue weighted by Gasteiger charge is -2.13. The topological polar surface area (TPSA) is 27.7 Å². The molecule has 0 radical (unpaired) electrons. The van der Waals surface area contributed by atoms with Crippen molar-refractivity contribution in [3.05, 3.63) is 51.0 Å². The predicted octanol–water partition coefficient (Wildman–Crippen LogP) is 5.81. The van der Waals surface area contributed by atoms with Crippen molar-refractivity contribution in [3.8, 4) is 17.2 Å². The van der Waals surface area contributed by atoms with Gasteiger partial charge in [-0.2, -0.15) is 0 Å². The van der Waals surface area contributed by atoms with Crippen LogP contribution in [0, 0.1) is 6.92 Å². The molecule has 2 rings (SSSR count). The van der Waals surface area contributed by atoms with Crippen molar-refractivity contribution in [2.24, 2.45) is 0 Å². The fourth-order valence-corrected chi connectivity index (χ4v) is 2.90. The maximum absolute atomic E-state index is 6.06. The number of hydrogen-bond donors (Lipinski definition) is 0. The number of halogens is 3. The molecule has 6 heteroatoms. The van der Waals surface area contributed by atoms with Crippen molar-refractivity contribution >= 4 is 34.8 Å².